The van der Waals surface area contributed by atoms with E-state index in [1.807, 2.05) is 53.4 Å². The molecule has 2 aromatic carbocycles. The monoisotopic (exact) mass is 459 g/mol. The summed E-state index contributed by atoms with van der Waals surface area (Å²) in [6.45, 7) is 2.74. The summed E-state index contributed by atoms with van der Waals surface area (Å²) in [7, 11) is 0. The van der Waals surface area contributed by atoms with E-state index in [2.05, 4.69) is 26.3 Å². The third-order valence-corrected chi connectivity index (χ3v) is 5.90. The number of carbonyl (C=O) groups excluding carboxylic acids is 1. The lowest BCUT2D eigenvalue weighted by atomic mass is 10.2. The van der Waals surface area contributed by atoms with Crippen LogP contribution in [0.1, 0.15) is 22.5 Å². The van der Waals surface area contributed by atoms with Gasteiger partial charge in [-0.1, -0.05) is 48.5 Å². The number of amides is 1. The highest BCUT2D eigenvalue weighted by Crippen LogP contribution is 2.23. The van der Waals surface area contributed by atoms with Crippen molar-refractivity contribution in [2.75, 3.05) is 45.9 Å². The second kappa shape index (κ2) is 10.4. The van der Waals surface area contributed by atoms with Crippen LogP contribution in [0.3, 0.4) is 0 Å². The van der Waals surface area contributed by atoms with Crippen LogP contribution in [0.5, 0.6) is 0 Å². The Bertz CT molecular complexity index is 1060. The molecule has 8 heteroatoms. The molecule has 3 aromatic rings. The fraction of sp³-hybridized carbons (Fsp3) is 0.400. The maximum Gasteiger partial charge on any atom is 0.411 e. The number of nitrogens with zero attached hydrogens (tertiary/aromatic N) is 3. The molecular weight excluding hydrogens is 431 g/mol. The van der Waals surface area contributed by atoms with Crippen LogP contribution in [0.25, 0.3) is 10.9 Å². The first kappa shape index (κ1) is 23.3. The predicted octanol–water partition coefficient (Wildman–Crippen LogP) is 4.42. The van der Waals surface area contributed by atoms with Gasteiger partial charge in [-0.3, -0.25) is 9.69 Å². The van der Waals surface area contributed by atoms with Gasteiger partial charge in [-0.15, -0.1) is 0 Å². The molecule has 1 aliphatic rings. The second-order valence-electron chi connectivity index (χ2n) is 8.32. The topological polar surface area (TPSA) is 37.7 Å². The first-order chi connectivity index (χ1) is 15.9. The Morgan fingerprint density at radius 1 is 0.939 bits per heavy atom. The third kappa shape index (κ3) is 6.15. The zero-order valence-electron chi connectivity index (χ0n) is 18.4. The van der Waals surface area contributed by atoms with Gasteiger partial charge in [0.1, 0.15) is 12.3 Å². The Kier molecular flexibility index (Phi) is 7.35. The summed E-state index contributed by atoms with van der Waals surface area (Å²) in [5.74, 6) is 0.00953. The molecule has 2 heterocycles. The van der Waals surface area contributed by atoms with Crippen molar-refractivity contribution in [1.82, 2.24) is 14.4 Å². The van der Waals surface area contributed by atoms with Crippen molar-refractivity contribution in [2.45, 2.75) is 19.1 Å². The largest absolute Gasteiger partial charge is 0.411 e. The van der Waals surface area contributed by atoms with Gasteiger partial charge in [-0.2, -0.15) is 13.2 Å². The fourth-order valence-corrected chi connectivity index (χ4v) is 4.24. The molecule has 0 atom stereocenters. The molecule has 0 aliphatic carbocycles. The minimum Gasteiger partial charge on any atom is -0.372 e. The average Bonchev–Trinajstić information content (AvgIpc) is 3.17. The maximum absolute atomic E-state index is 13.4. The molecule has 1 aromatic heterocycles. The Morgan fingerprint density at radius 2 is 1.64 bits per heavy atom. The summed E-state index contributed by atoms with van der Waals surface area (Å²) >= 11 is 0. The molecule has 1 saturated heterocycles. The standard InChI is InChI=1S/C25H28F3N3O2/c26-25(27,28)19-33-16-6-11-29-12-14-30(15-13-29)24(32)23-17-21-9-4-5-10-22(21)31(23)18-20-7-2-1-3-8-20/h1-5,7-10,17H,6,11-16,18-19H2. The number of fused-ring (bicyclic) bond motifs is 1. The molecule has 5 nitrogen and oxygen atoms in total. The molecule has 0 radical (unpaired) electrons. The second-order valence-corrected chi connectivity index (χ2v) is 8.32. The van der Waals surface area contributed by atoms with Crippen molar-refractivity contribution in [2.24, 2.45) is 0 Å². The van der Waals surface area contributed by atoms with Crippen LogP contribution in [-0.2, 0) is 11.3 Å². The number of hydrogen-bond acceptors (Lipinski definition) is 3. The predicted molar refractivity (Wildman–Crippen MR) is 121 cm³/mol. The number of para-hydroxylation sites is 1. The number of aromatic nitrogens is 1. The number of rotatable bonds is 8. The van der Waals surface area contributed by atoms with Crippen LogP contribution in [0.4, 0.5) is 13.2 Å². The first-order valence-electron chi connectivity index (χ1n) is 11.2. The van der Waals surface area contributed by atoms with Crippen LogP contribution < -0.4 is 0 Å². The molecule has 1 amide bonds. The minimum absolute atomic E-state index is 0.00953. The number of alkyl halides is 3. The van der Waals surface area contributed by atoms with Crippen molar-refractivity contribution < 1.29 is 22.7 Å². The molecule has 33 heavy (non-hydrogen) atoms. The molecule has 1 aliphatic heterocycles. The van der Waals surface area contributed by atoms with Crippen molar-refractivity contribution >= 4 is 16.8 Å². The number of ether oxygens (including phenoxy) is 1. The van der Waals surface area contributed by atoms with E-state index in [1.54, 1.807) is 0 Å². The van der Waals surface area contributed by atoms with E-state index in [0.29, 0.717) is 51.4 Å². The lowest BCUT2D eigenvalue weighted by Crippen LogP contribution is -2.49. The van der Waals surface area contributed by atoms with Crippen LogP contribution in [-0.4, -0.2) is 72.4 Å². The first-order valence-corrected chi connectivity index (χ1v) is 11.2. The average molecular weight is 460 g/mol. The van der Waals surface area contributed by atoms with Crippen LogP contribution in [0, 0.1) is 0 Å². The van der Waals surface area contributed by atoms with Gasteiger partial charge in [0.2, 0.25) is 0 Å². The molecular formula is C25H28F3N3O2. The maximum atomic E-state index is 13.4. The summed E-state index contributed by atoms with van der Waals surface area (Å²) in [5, 5.41) is 1.04. The van der Waals surface area contributed by atoms with E-state index in [1.165, 1.54) is 0 Å². The lowest BCUT2D eigenvalue weighted by molar-refractivity contribution is -0.174. The SMILES string of the molecule is O=C(c1cc2ccccc2n1Cc1ccccc1)N1CCN(CCCOCC(F)(F)F)CC1. The van der Waals surface area contributed by atoms with Gasteiger partial charge in [0.15, 0.2) is 0 Å². The van der Waals surface area contributed by atoms with Crippen molar-refractivity contribution in [3.8, 4) is 0 Å². The number of piperazine rings is 1. The highest BCUT2D eigenvalue weighted by Gasteiger charge is 2.28. The van der Waals surface area contributed by atoms with Crippen molar-refractivity contribution in [3.05, 3.63) is 71.9 Å². The summed E-state index contributed by atoms with van der Waals surface area (Å²) in [6, 6.07) is 20.1. The van der Waals surface area contributed by atoms with E-state index in [4.69, 9.17) is 0 Å². The van der Waals surface area contributed by atoms with Crippen LogP contribution in [0.2, 0.25) is 0 Å². The zero-order valence-corrected chi connectivity index (χ0v) is 18.4. The van der Waals surface area contributed by atoms with E-state index < -0.39 is 12.8 Å². The van der Waals surface area contributed by atoms with E-state index in [9.17, 15) is 18.0 Å². The van der Waals surface area contributed by atoms with Gasteiger partial charge < -0.3 is 14.2 Å². The fourth-order valence-electron chi connectivity index (χ4n) is 4.24. The summed E-state index contributed by atoms with van der Waals surface area (Å²) in [6.07, 6.45) is -3.75. The number of halogens is 3. The van der Waals surface area contributed by atoms with Gasteiger partial charge in [-0.25, -0.2) is 0 Å². The number of benzene rings is 2. The third-order valence-electron chi connectivity index (χ3n) is 5.90. The van der Waals surface area contributed by atoms with E-state index in [0.717, 1.165) is 16.5 Å². The Balaban J connectivity index is 1.37. The van der Waals surface area contributed by atoms with Gasteiger partial charge >= 0.3 is 6.18 Å². The number of carbonyl (C=O) groups is 1. The molecule has 0 bridgehead atoms. The lowest BCUT2D eigenvalue weighted by Gasteiger charge is -2.34. The summed E-state index contributed by atoms with van der Waals surface area (Å²) in [4.78, 5) is 17.5. The smallest absolute Gasteiger partial charge is 0.372 e. The molecule has 1 fully saturated rings. The molecule has 4 rings (SSSR count). The highest BCUT2D eigenvalue weighted by molar-refractivity contribution is 5.99. The van der Waals surface area contributed by atoms with Gasteiger partial charge in [-0.05, 0) is 24.1 Å². The van der Waals surface area contributed by atoms with Crippen molar-refractivity contribution in [1.29, 1.82) is 0 Å². The number of hydrogen-bond donors (Lipinski definition) is 0. The Hall–Kier alpha value is -2.84. The molecule has 0 spiro atoms. The minimum atomic E-state index is -4.28. The Morgan fingerprint density at radius 3 is 2.36 bits per heavy atom. The van der Waals surface area contributed by atoms with E-state index >= 15 is 0 Å². The summed E-state index contributed by atoms with van der Waals surface area (Å²) in [5.41, 5.74) is 2.83. The molecule has 176 valence electrons. The van der Waals surface area contributed by atoms with Gasteiger partial charge in [0.25, 0.3) is 5.91 Å². The molecule has 0 saturated carbocycles. The summed E-state index contributed by atoms with van der Waals surface area (Å²) < 4.78 is 43.2. The Labute approximate surface area is 191 Å². The molecule has 0 N–H and O–H groups in total. The van der Waals surface area contributed by atoms with Gasteiger partial charge in [0.05, 0.1) is 0 Å². The van der Waals surface area contributed by atoms with E-state index in [-0.39, 0.29) is 12.5 Å². The highest BCUT2D eigenvalue weighted by atomic mass is 19.4. The normalized spacial score (nSPS) is 15.3. The van der Waals surface area contributed by atoms with Crippen LogP contribution >= 0.6 is 0 Å². The molecule has 0 unspecified atom stereocenters. The van der Waals surface area contributed by atoms with Gasteiger partial charge in [0, 0.05) is 56.8 Å². The quantitative estimate of drug-likeness (QED) is 0.468. The van der Waals surface area contributed by atoms with Crippen molar-refractivity contribution in [3.63, 3.8) is 0 Å². The van der Waals surface area contributed by atoms with Crippen LogP contribution in [0.15, 0.2) is 60.7 Å². The zero-order chi connectivity index (χ0) is 23.3.